The van der Waals surface area contributed by atoms with Crippen molar-refractivity contribution in [2.75, 3.05) is 26.4 Å². The summed E-state index contributed by atoms with van der Waals surface area (Å²) in [5.41, 5.74) is 0. The Morgan fingerprint density at radius 2 is 1.78 bits per heavy atom. The van der Waals surface area contributed by atoms with Gasteiger partial charge in [0.25, 0.3) is 0 Å². The van der Waals surface area contributed by atoms with Crippen LogP contribution in [0, 0.1) is 0 Å². The zero-order chi connectivity index (χ0) is 6.16. The molecule has 0 aromatic rings. The molecule has 0 aromatic heterocycles. The van der Waals surface area contributed by atoms with Gasteiger partial charge in [0.2, 0.25) is 0 Å². The van der Waals surface area contributed by atoms with Crippen LogP contribution in [0.25, 0.3) is 0 Å². The summed E-state index contributed by atoms with van der Waals surface area (Å²) >= 11 is 0. The second kappa shape index (κ2) is 1.94. The smallest absolute Gasteiger partial charge is 0.194 e. The Labute approximate surface area is 53.9 Å². The highest BCUT2D eigenvalue weighted by atomic mass is 16.8. The molecule has 2 saturated heterocycles. The Morgan fingerprint density at radius 1 is 1.00 bits per heavy atom. The molecule has 0 radical (unpaired) electrons. The lowest BCUT2D eigenvalue weighted by atomic mass is 10.2. The molecule has 2 aliphatic rings. The van der Waals surface area contributed by atoms with E-state index in [-0.39, 0.29) is 5.79 Å². The second-order valence-electron chi connectivity index (χ2n) is 2.41. The summed E-state index contributed by atoms with van der Waals surface area (Å²) in [6, 6.07) is 0. The van der Waals surface area contributed by atoms with Crippen molar-refractivity contribution in [3.05, 3.63) is 0 Å². The summed E-state index contributed by atoms with van der Waals surface area (Å²) in [6.07, 6.45) is 0.896. The molecule has 3 nitrogen and oxygen atoms in total. The highest BCUT2D eigenvalue weighted by molar-refractivity contribution is 4.77. The van der Waals surface area contributed by atoms with E-state index in [1.165, 1.54) is 0 Å². The van der Waals surface area contributed by atoms with Crippen LogP contribution in [-0.4, -0.2) is 32.2 Å². The van der Waals surface area contributed by atoms with E-state index in [4.69, 9.17) is 14.2 Å². The molecule has 0 aliphatic carbocycles. The number of hydrogen-bond donors (Lipinski definition) is 0. The summed E-state index contributed by atoms with van der Waals surface area (Å²) in [4.78, 5) is 0. The molecule has 2 fully saturated rings. The quantitative estimate of drug-likeness (QED) is 0.467. The SMILES string of the molecule is C1CC2(CO1)OCCO2. The molecule has 0 bridgehead atoms. The molecule has 0 unspecified atom stereocenters. The van der Waals surface area contributed by atoms with Gasteiger partial charge in [0.1, 0.15) is 6.61 Å². The standard InChI is InChI=1S/C6H10O3/c1-2-7-5-6(1)8-3-4-9-6/h1-5H2. The first kappa shape index (κ1) is 5.65. The highest BCUT2D eigenvalue weighted by Gasteiger charge is 2.40. The summed E-state index contributed by atoms with van der Waals surface area (Å²) in [6.45, 7) is 2.85. The summed E-state index contributed by atoms with van der Waals surface area (Å²) in [5.74, 6) is -0.333. The fraction of sp³-hybridized carbons (Fsp3) is 1.00. The molecule has 2 rings (SSSR count). The Bertz CT molecular complexity index is 83.4. The lowest BCUT2D eigenvalue weighted by Gasteiger charge is -2.17. The van der Waals surface area contributed by atoms with Crippen LogP contribution in [0.15, 0.2) is 0 Å². The minimum atomic E-state index is -0.333. The normalized spacial score (nSPS) is 32.0. The van der Waals surface area contributed by atoms with Gasteiger partial charge in [-0.3, -0.25) is 0 Å². The predicted molar refractivity (Wildman–Crippen MR) is 30.1 cm³/mol. The van der Waals surface area contributed by atoms with E-state index in [2.05, 4.69) is 0 Å². The van der Waals surface area contributed by atoms with Gasteiger partial charge in [0.05, 0.1) is 19.8 Å². The van der Waals surface area contributed by atoms with Gasteiger partial charge in [0, 0.05) is 6.42 Å². The zero-order valence-electron chi connectivity index (χ0n) is 5.26. The molecule has 2 aliphatic heterocycles. The average molecular weight is 130 g/mol. The summed E-state index contributed by atoms with van der Waals surface area (Å²) in [7, 11) is 0. The molecule has 0 saturated carbocycles. The summed E-state index contributed by atoms with van der Waals surface area (Å²) in [5, 5.41) is 0. The van der Waals surface area contributed by atoms with Gasteiger partial charge in [0.15, 0.2) is 5.79 Å². The first-order valence-corrected chi connectivity index (χ1v) is 3.27. The Balaban J connectivity index is 2.04. The van der Waals surface area contributed by atoms with Crippen LogP contribution in [0.5, 0.6) is 0 Å². The van der Waals surface area contributed by atoms with E-state index in [1.54, 1.807) is 0 Å². The van der Waals surface area contributed by atoms with Crippen molar-refractivity contribution in [2.45, 2.75) is 12.2 Å². The lowest BCUT2D eigenvalue weighted by molar-refractivity contribution is -0.153. The third kappa shape index (κ3) is 0.852. The Morgan fingerprint density at radius 3 is 2.33 bits per heavy atom. The topological polar surface area (TPSA) is 27.7 Å². The van der Waals surface area contributed by atoms with E-state index in [1.807, 2.05) is 0 Å². The van der Waals surface area contributed by atoms with Gasteiger partial charge in [-0.25, -0.2) is 0 Å². The summed E-state index contributed by atoms with van der Waals surface area (Å²) < 4.78 is 15.8. The van der Waals surface area contributed by atoms with E-state index in [0.29, 0.717) is 6.61 Å². The zero-order valence-corrected chi connectivity index (χ0v) is 5.26. The van der Waals surface area contributed by atoms with E-state index >= 15 is 0 Å². The van der Waals surface area contributed by atoms with Crippen molar-refractivity contribution in [3.63, 3.8) is 0 Å². The monoisotopic (exact) mass is 130 g/mol. The number of hydrogen-bond acceptors (Lipinski definition) is 3. The molecule has 0 N–H and O–H groups in total. The van der Waals surface area contributed by atoms with Gasteiger partial charge in [-0.1, -0.05) is 0 Å². The predicted octanol–water partition coefficient (Wildman–Crippen LogP) is 0.150. The van der Waals surface area contributed by atoms with Crippen LogP contribution in [0.1, 0.15) is 6.42 Å². The average Bonchev–Trinajstić information content (AvgIpc) is 2.45. The minimum absolute atomic E-state index is 0.333. The third-order valence-corrected chi connectivity index (χ3v) is 1.76. The fourth-order valence-electron chi connectivity index (χ4n) is 1.25. The van der Waals surface area contributed by atoms with Crippen molar-refractivity contribution < 1.29 is 14.2 Å². The minimum Gasteiger partial charge on any atom is -0.376 e. The van der Waals surface area contributed by atoms with Gasteiger partial charge < -0.3 is 14.2 Å². The Kier molecular flexibility index (Phi) is 1.22. The van der Waals surface area contributed by atoms with E-state index in [9.17, 15) is 0 Å². The number of ether oxygens (including phenoxy) is 3. The van der Waals surface area contributed by atoms with Crippen molar-refractivity contribution >= 4 is 0 Å². The fourth-order valence-corrected chi connectivity index (χ4v) is 1.25. The molecule has 0 atom stereocenters. The van der Waals surface area contributed by atoms with Crippen LogP contribution >= 0.6 is 0 Å². The van der Waals surface area contributed by atoms with Crippen LogP contribution in [0.4, 0.5) is 0 Å². The maximum Gasteiger partial charge on any atom is 0.194 e. The van der Waals surface area contributed by atoms with Gasteiger partial charge in [-0.15, -0.1) is 0 Å². The first-order chi connectivity index (χ1) is 4.41. The van der Waals surface area contributed by atoms with Crippen molar-refractivity contribution in [1.29, 1.82) is 0 Å². The van der Waals surface area contributed by atoms with Gasteiger partial charge in [-0.2, -0.15) is 0 Å². The third-order valence-electron chi connectivity index (χ3n) is 1.76. The van der Waals surface area contributed by atoms with Crippen LogP contribution in [0.2, 0.25) is 0 Å². The number of rotatable bonds is 0. The molecule has 9 heavy (non-hydrogen) atoms. The van der Waals surface area contributed by atoms with Crippen molar-refractivity contribution in [2.24, 2.45) is 0 Å². The van der Waals surface area contributed by atoms with Gasteiger partial charge in [-0.05, 0) is 0 Å². The Hall–Kier alpha value is -0.120. The molecule has 52 valence electrons. The molecule has 0 aromatic carbocycles. The van der Waals surface area contributed by atoms with Crippen LogP contribution in [-0.2, 0) is 14.2 Å². The molecular formula is C6H10O3. The maximum atomic E-state index is 5.35. The molecule has 3 heteroatoms. The van der Waals surface area contributed by atoms with E-state index in [0.717, 1.165) is 26.2 Å². The molecule has 0 amide bonds. The molecule has 2 heterocycles. The highest BCUT2D eigenvalue weighted by Crippen LogP contribution is 2.27. The van der Waals surface area contributed by atoms with Crippen molar-refractivity contribution in [3.8, 4) is 0 Å². The van der Waals surface area contributed by atoms with E-state index < -0.39 is 0 Å². The second-order valence-corrected chi connectivity index (χ2v) is 2.41. The van der Waals surface area contributed by atoms with Crippen molar-refractivity contribution in [1.82, 2.24) is 0 Å². The van der Waals surface area contributed by atoms with Gasteiger partial charge >= 0.3 is 0 Å². The first-order valence-electron chi connectivity index (χ1n) is 3.27. The maximum absolute atomic E-state index is 5.35. The largest absolute Gasteiger partial charge is 0.376 e. The molecular weight excluding hydrogens is 120 g/mol. The molecule has 1 spiro atoms. The lowest BCUT2D eigenvalue weighted by Crippen LogP contribution is -2.29. The van der Waals surface area contributed by atoms with Crippen LogP contribution in [0.3, 0.4) is 0 Å². The van der Waals surface area contributed by atoms with Crippen LogP contribution < -0.4 is 0 Å².